The van der Waals surface area contributed by atoms with Gasteiger partial charge in [-0.2, -0.15) is 0 Å². The highest BCUT2D eigenvalue weighted by atomic mass is 16.6. The third kappa shape index (κ3) is 6.83. The van der Waals surface area contributed by atoms with Crippen LogP contribution in [0.2, 0.25) is 0 Å². The Morgan fingerprint density at radius 1 is 0.667 bits per heavy atom. The molecule has 126 valence electrons. The van der Waals surface area contributed by atoms with Gasteiger partial charge in [-0.05, 0) is 72.5 Å². The zero-order valence-corrected chi connectivity index (χ0v) is 13.2. The minimum atomic E-state index is 0.223. The number of aromatic hydroxyl groups is 2. The zero-order chi connectivity index (χ0) is 17.0. The first kappa shape index (κ1) is 17.3. The van der Waals surface area contributed by atoms with Gasteiger partial charge in [-0.1, -0.05) is 10.3 Å². The predicted octanol–water partition coefficient (Wildman–Crippen LogP) is 3.28. The number of rotatable bonds is 9. The van der Waals surface area contributed by atoms with E-state index in [-0.39, 0.29) is 11.5 Å². The van der Waals surface area contributed by atoms with E-state index in [9.17, 15) is 0 Å². The van der Waals surface area contributed by atoms with E-state index < -0.39 is 0 Å². The van der Waals surface area contributed by atoms with Gasteiger partial charge in [-0.15, -0.1) is 0 Å². The Hall–Kier alpha value is -3.02. The summed E-state index contributed by atoms with van der Waals surface area (Å²) in [6.07, 6.45) is 4.80. The van der Waals surface area contributed by atoms with Gasteiger partial charge >= 0.3 is 0 Å². The average molecular weight is 328 g/mol. The minimum absolute atomic E-state index is 0.223. The molecule has 2 N–H and O–H groups in total. The van der Waals surface area contributed by atoms with Crippen molar-refractivity contribution in [3.8, 4) is 11.5 Å². The zero-order valence-electron chi connectivity index (χ0n) is 13.2. The Morgan fingerprint density at radius 2 is 1.04 bits per heavy atom. The van der Waals surface area contributed by atoms with Gasteiger partial charge in [0.2, 0.25) is 0 Å². The van der Waals surface area contributed by atoms with Crippen molar-refractivity contribution in [3.05, 3.63) is 59.7 Å². The summed E-state index contributed by atoms with van der Waals surface area (Å²) in [5.41, 5.74) is 1.72. The lowest BCUT2D eigenvalue weighted by Gasteiger charge is -2.00. The molecule has 6 heteroatoms. The maximum absolute atomic E-state index is 9.16. The van der Waals surface area contributed by atoms with Crippen LogP contribution in [0.3, 0.4) is 0 Å². The van der Waals surface area contributed by atoms with Gasteiger partial charge in [0.05, 0.1) is 12.4 Å². The Morgan fingerprint density at radius 3 is 1.42 bits per heavy atom. The van der Waals surface area contributed by atoms with Crippen molar-refractivity contribution in [1.82, 2.24) is 0 Å². The van der Waals surface area contributed by atoms with E-state index in [2.05, 4.69) is 10.3 Å². The van der Waals surface area contributed by atoms with Crippen LogP contribution in [0.4, 0.5) is 0 Å². The molecule has 0 bridgehead atoms. The summed E-state index contributed by atoms with van der Waals surface area (Å²) in [5, 5.41) is 26.0. The number of unbranched alkanes of at least 4 members (excludes halogenated alkanes) is 1. The fourth-order valence-corrected chi connectivity index (χ4v) is 1.76. The summed E-state index contributed by atoms with van der Waals surface area (Å²) in [4.78, 5) is 10.3. The summed E-state index contributed by atoms with van der Waals surface area (Å²) >= 11 is 0. The summed E-state index contributed by atoms with van der Waals surface area (Å²) in [5.74, 6) is 0.447. The van der Waals surface area contributed by atoms with Crippen molar-refractivity contribution in [2.24, 2.45) is 10.3 Å². The monoisotopic (exact) mass is 328 g/mol. The molecule has 0 spiro atoms. The van der Waals surface area contributed by atoms with E-state index in [1.165, 1.54) is 0 Å². The van der Waals surface area contributed by atoms with Crippen LogP contribution in [-0.2, 0) is 9.68 Å². The molecule has 2 aromatic rings. The Labute approximate surface area is 140 Å². The van der Waals surface area contributed by atoms with Gasteiger partial charge in [-0.25, -0.2) is 0 Å². The molecular formula is C18H20N2O4. The first-order chi connectivity index (χ1) is 11.7. The van der Waals surface area contributed by atoms with Crippen molar-refractivity contribution in [2.45, 2.75) is 12.8 Å². The SMILES string of the molecule is Oc1ccc(/C=N/OCCCCO/N=C/c2ccc(O)cc2)cc1. The third-order valence-corrected chi connectivity index (χ3v) is 3.06. The quantitative estimate of drug-likeness (QED) is 0.420. The molecule has 6 nitrogen and oxygen atoms in total. The van der Waals surface area contributed by atoms with Crippen LogP contribution in [0.1, 0.15) is 24.0 Å². The Kier molecular flexibility index (Phi) is 7.14. The highest BCUT2D eigenvalue weighted by Crippen LogP contribution is 2.08. The first-order valence-corrected chi connectivity index (χ1v) is 7.63. The molecule has 2 aromatic carbocycles. The van der Waals surface area contributed by atoms with Crippen LogP contribution in [0.15, 0.2) is 58.8 Å². The standard InChI is InChI=1S/C18H20N2O4/c21-17-7-3-15(4-8-17)13-19-23-11-1-2-12-24-20-14-16-5-9-18(22)10-6-16/h3-10,13-14,21-22H,1-2,11-12H2/b19-13+,20-14+. The maximum atomic E-state index is 9.16. The third-order valence-electron chi connectivity index (χ3n) is 3.06. The highest BCUT2D eigenvalue weighted by molar-refractivity contribution is 5.79. The van der Waals surface area contributed by atoms with Crippen molar-refractivity contribution < 1.29 is 19.9 Å². The number of phenols is 2. The minimum Gasteiger partial charge on any atom is -0.508 e. The van der Waals surface area contributed by atoms with Crippen molar-refractivity contribution in [2.75, 3.05) is 13.2 Å². The number of hydrogen-bond acceptors (Lipinski definition) is 6. The van der Waals surface area contributed by atoms with E-state index >= 15 is 0 Å². The molecule has 0 saturated heterocycles. The molecule has 2 rings (SSSR count). The number of phenolic OH excluding ortho intramolecular Hbond substituents is 2. The normalized spacial score (nSPS) is 11.2. The van der Waals surface area contributed by atoms with Crippen LogP contribution >= 0.6 is 0 Å². The highest BCUT2D eigenvalue weighted by Gasteiger charge is 1.92. The van der Waals surface area contributed by atoms with Crippen LogP contribution in [0, 0.1) is 0 Å². The summed E-state index contributed by atoms with van der Waals surface area (Å²) < 4.78 is 0. The van der Waals surface area contributed by atoms with Crippen LogP contribution in [0.5, 0.6) is 11.5 Å². The molecule has 0 heterocycles. The fourth-order valence-electron chi connectivity index (χ4n) is 1.76. The topological polar surface area (TPSA) is 83.6 Å². The molecule has 0 aliphatic rings. The Bertz CT molecular complexity index is 592. The predicted molar refractivity (Wildman–Crippen MR) is 92.5 cm³/mol. The molecule has 24 heavy (non-hydrogen) atoms. The van der Waals surface area contributed by atoms with Crippen LogP contribution in [-0.4, -0.2) is 35.9 Å². The lowest BCUT2D eigenvalue weighted by atomic mass is 10.2. The largest absolute Gasteiger partial charge is 0.508 e. The number of hydrogen-bond donors (Lipinski definition) is 2. The lowest BCUT2D eigenvalue weighted by molar-refractivity contribution is 0.112. The molecule has 0 fully saturated rings. The van der Waals surface area contributed by atoms with E-state index in [0.29, 0.717) is 13.2 Å². The molecule has 0 aromatic heterocycles. The molecule has 0 radical (unpaired) electrons. The van der Waals surface area contributed by atoms with Crippen molar-refractivity contribution in [3.63, 3.8) is 0 Å². The molecule has 0 aliphatic heterocycles. The van der Waals surface area contributed by atoms with E-state index in [1.54, 1.807) is 61.0 Å². The molecular weight excluding hydrogens is 308 g/mol. The molecule has 0 aliphatic carbocycles. The van der Waals surface area contributed by atoms with Gasteiger partial charge in [-0.3, -0.25) is 0 Å². The van der Waals surface area contributed by atoms with Gasteiger partial charge in [0.1, 0.15) is 24.7 Å². The summed E-state index contributed by atoms with van der Waals surface area (Å²) in [7, 11) is 0. The lowest BCUT2D eigenvalue weighted by Crippen LogP contribution is -1.94. The second kappa shape index (κ2) is 9.89. The van der Waals surface area contributed by atoms with Gasteiger partial charge < -0.3 is 19.9 Å². The smallest absolute Gasteiger partial charge is 0.117 e. The summed E-state index contributed by atoms with van der Waals surface area (Å²) in [6.45, 7) is 0.999. The molecule has 0 saturated carbocycles. The molecule has 0 amide bonds. The second-order valence-corrected chi connectivity index (χ2v) is 5.03. The van der Waals surface area contributed by atoms with E-state index in [1.807, 2.05) is 0 Å². The first-order valence-electron chi connectivity index (χ1n) is 7.63. The van der Waals surface area contributed by atoms with Crippen molar-refractivity contribution in [1.29, 1.82) is 0 Å². The fraction of sp³-hybridized carbons (Fsp3) is 0.222. The number of benzene rings is 2. The molecule has 0 atom stereocenters. The van der Waals surface area contributed by atoms with E-state index in [4.69, 9.17) is 19.9 Å². The summed E-state index contributed by atoms with van der Waals surface area (Å²) in [6, 6.07) is 13.4. The average Bonchev–Trinajstić information content (AvgIpc) is 2.60. The van der Waals surface area contributed by atoms with Crippen molar-refractivity contribution >= 4 is 12.4 Å². The van der Waals surface area contributed by atoms with E-state index in [0.717, 1.165) is 24.0 Å². The Balaban J connectivity index is 1.51. The van der Waals surface area contributed by atoms with Crippen LogP contribution < -0.4 is 0 Å². The second-order valence-electron chi connectivity index (χ2n) is 5.03. The van der Waals surface area contributed by atoms with Gasteiger partial charge in [0, 0.05) is 0 Å². The molecule has 0 unspecified atom stereocenters. The number of oxime groups is 2. The maximum Gasteiger partial charge on any atom is 0.117 e. The number of nitrogens with zero attached hydrogens (tertiary/aromatic N) is 2. The van der Waals surface area contributed by atoms with Gasteiger partial charge in [0.25, 0.3) is 0 Å². The van der Waals surface area contributed by atoms with Gasteiger partial charge in [0.15, 0.2) is 0 Å². The van der Waals surface area contributed by atoms with Crippen LogP contribution in [0.25, 0.3) is 0 Å².